The zero-order valence-corrected chi connectivity index (χ0v) is 14.5. The Morgan fingerprint density at radius 3 is 2.57 bits per heavy atom. The fraction of sp³-hybridized carbons (Fsp3) is 0.529. The van der Waals surface area contributed by atoms with Gasteiger partial charge in [-0.1, -0.05) is 12.1 Å². The van der Waals surface area contributed by atoms with Crippen LogP contribution >= 0.6 is 0 Å². The van der Waals surface area contributed by atoms with E-state index in [-0.39, 0.29) is 5.91 Å². The monoisotopic (exact) mass is 320 g/mol. The van der Waals surface area contributed by atoms with Crippen LogP contribution in [0.5, 0.6) is 5.75 Å². The number of ether oxygens (including phenoxy) is 1. The van der Waals surface area contributed by atoms with Gasteiger partial charge in [-0.15, -0.1) is 0 Å². The number of amides is 1. The Hall–Kier alpha value is -2.24. The van der Waals surface area contributed by atoms with Crippen LogP contribution in [0.15, 0.2) is 23.2 Å². The van der Waals surface area contributed by atoms with Gasteiger partial charge in [-0.25, -0.2) is 4.99 Å². The summed E-state index contributed by atoms with van der Waals surface area (Å²) >= 11 is 0. The van der Waals surface area contributed by atoms with Crippen LogP contribution in [-0.4, -0.2) is 38.1 Å². The minimum absolute atomic E-state index is 0.0326. The Morgan fingerprint density at radius 1 is 1.17 bits per heavy atom. The minimum Gasteiger partial charge on any atom is -0.494 e. The molecular formula is C17H28N4O2. The number of nitrogens with one attached hydrogen (secondary N) is 3. The number of hydrogen-bond acceptors (Lipinski definition) is 3. The van der Waals surface area contributed by atoms with Gasteiger partial charge in [0.2, 0.25) is 5.91 Å². The summed E-state index contributed by atoms with van der Waals surface area (Å²) in [6, 6.07) is 6.14. The third kappa shape index (κ3) is 7.54. The Kier molecular flexibility index (Phi) is 8.57. The van der Waals surface area contributed by atoms with Crippen LogP contribution < -0.4 is 20.7 Å². The zero-order chi connectivity index (χ0) is 17.1. The molecule has 23 heavy (non-hydrogen) atoms. The Balaban J connectivity index is 2.67. The lowest BCUT2D eigenvalue weighted by Gasteiger charge is -2.13. The number of carbonyl (C=O) groups is 1. The van der Waals surface area contributed by atoms with Gasteiger partial charge in [0.1, 0.15) is 5.75 Å². The molecule has 0 unspecified atom stereocenters. The Bertz CT molecular complexity index is 529. The highest BCUT2D eigenvalue weighted by molar-refractivity contribution is 5.80. The molecule has 1 aromatic rings. The number of guanidine groups is 1. The predicted molar refractivity (Wildman–Crippen MR) is 93.9 cm³/mol. The molecule has 0 saturated heterocycles. The van der Waals surface area contributed by atoms with E-state index in [0.29, 0.717) is 26.2 Å². The van der Waals surface area contributed by atoms with E-state index >= 15 is 0 Å². The van der Waals surface area contributed by atoms with Crippen molar-refractivity contribution in [1.29, 1.82) is 0 Å². The van der Waals surface area contributed by atoms with Crippen molar-refractivity contribution in [2.24, 2.45) is 4.99 Å². The average Bonchev–Trinajstić information content (AvgIpc) is 2.50. The number of rotatable bonds is 8. The highest BCUT2D eigenvalue weighted by atomic mass is 16.5. The van der Waals surface area contributed by atoms with Crippen LogP contribution in [-0.2, 0) is 11.3 Å². The van der Waals surface area contributed by atoms with E-state index in [1.807, 2.05) is 32.9 Å². The van der Waals surface area contributed by atoms with Gasteiger partial charge in [-0.2, -0.15) is 0 Å². The minimum atomic E-state index is -0.0326. The molecule has 0 aliphatic heterocycles. The standard InChI is InChI=1S/C17H28N4O2/c1-5-18-17(20-10-9-19-14(4)22)21-12-15-8-7-13(3)11-16(15)23-6-2/h7-8,11H,5-6,9-10,12H2,1-4H3,(H,19,22)(H2,18,20,21). The summed E-state index contributed by atoms with van der Waals surface area (Å²) in [5, 5.41) is 9.13. The lowest BCUT2D eigenvalue weighted by molar-refractivity contribution is -0.118. The van der Waals surface area contributed by atoms with Crippen molar-refractivity contribution in [1.82, 2.24) is 16.0 Å². The summed E-state index contributed by atoms with van der Waals surface area (Å²) in [4.78, 5) is 15.4. The maximum Gasteiger partial charge on any atom is 0.216 e. The Labute approximate surface area is 138 Å². The number of carbonyl (C=O) groups excluding carboxylic acids is 1. The van der Waals surface area contributed by atoms with Gasteiger partial charge < -0.3 is 20.7 Å². The lowest BCUT2D eigenvalue weighted by atomic mass is 10.1. The van der Waals surface area contributed by atoms with Crippen LogP contribution in [0, 0.1) is 6.92 Å². The van der Waals surface area contributed by atoms with Gasteiger partial charge in [0, 0.05) is 32.1 Å². The maximum atomic E-state index is 10.9. The summed E-state index contributed by atoms with van der Waals surface area (Å²) in [7, 11) is 0. The summed E-state index contributed by atoms with van der Waals surface area (Å²) in [5.41, 5.74) is 2.22. The van der Waals surface area contributed by atoms with Crippen LogP contribution in [0.25, 0.3) is 0 Å². The summed E-state index contributed by atoms with van der Waals surface area (Å²) in [6.45, 7) is 10.7. The molecule has 1 rings (SSSR count). The first kappa shape index (κ1) is 18.8. The zero-order valence-electron chi connectivity index (χ0n) is 14.5. The van der Waals surface area contributed by atoms with Crippen molar-refractivity contribution in [2.45, 2.75) is 34.2 Å². The van der Waals surface area contributed by atoms with Gasteiger partial charge in [0.05, 0.1) is 13.2 Å². The number of aliphatic imine (C=N–C) groups is 1. The van der Waals surface area contributed by atoms with Gasteiger partial charge in [0.15, 0.2) is 5.96 Å². The van der Waals surface area contributed by atoms with Crippen molar-refractivity contribution in [3.63, 3.8) is 0 Å². The molecule has 1 amide bonds. The summed E-state index contributed by atoms with van der Waals surface area (Å²) < 4.78 is 5.68. The summed E-state index contributed by atoms with van der Waals surface area (Å²) in [6.07, 6.45) is 0. The third-order valence-corrected chi connectivity index (χ3v) is 3.07. The normalized spacial score (nSPS) is 11.0. The second-order valence-corrected chi connectivity index (χ2v) is 5.15. The van der Waals surface area contributed by atoms with E-state index in [0.717, 1.165) is 23.8 Å². The molecule has 0 saturated carbocycles. The van der Waals surface area contributed by atoms with E-state index in [1.165, 1.54) is 12.5 Å². The van der Waals surface area contributed by atoms with Crippen LogP contribution in [0.4, 0.5) is 0 Å². The number of aryl methyl sites for hydroxylation is 1. The van der Waals surface area contributed by atoms with E-state index in [4.69, 9.17) is 4.74 Å². The molecule has 0 radical (unpaired) electrons. The van der Waals surface area contributed by atoms with E-state index < -0.39 is 0 Å². The molecule has 0 aliphatic rings. The first-order valence-corrected chi connectivity index (χ1v) is 8.05. The van der Waals surface area contributed by atoms with Gasteiger partial charge in [-0.3, -0.25) is 4.79 Å². The first-order chi connectivity index (χ1) is 11.1. The maximum absolute atomic E-state index is 10.9. The largest absolute Gasteiger partial charge is 0.494 e. The lowest BCUT2D eigenvalue weighted by Crippen LogP contribution is -2.41. The van der Waals surface area contributed by atoms with E-state index in [9.17, 15) is 4.79 Å². The van der Waals surface area contributed by atoms with Crippen molar-refractivity contribution in [2.75, 3.05) is 26.2 Å². The molecule has 0 atom stereocenters. The van der Waals surface area contributed by atoms with Crippen molar-refractivity contribution in [3.8, 4) is 5.75 Å². The average molecular weight is 320 g/mol. The van der Waals surface area contributed by atoms with Gasteiger partial charge in [0.25, 0.3) is 0 Å². The first-order valence-electron chi connectivity index (χ1n) is 8.05. The molecule has 0 bridgehead atoms. The van der Waals surface area contributed by atoms with Crippen LogP contribution in [0.3, 0.4) is 0 Å². The van der Waals surface area contributed by atoms with E-state index in [2.05, 4.69) is 27.0 Å². The molecule has 0 fully saturated rings. The molecule has 0 spiro atoms. The molecule has 6 nitrogen and oxygen atoms in total. The molecule has 128 valence electrons. The predicted octanol–water partition coefficient (Wildman–Crippen LogP) is 1.58. The molecule has 0 aromatic heterocycles. The highest BCUT2D eigenvalue weighted by Crippen LogP contribution is 2.21. The molecule has 6 heteroatoms. The van der Waals surface area contributed by atoms with Gasteiger partial charge in [-0.05, 0) is 32.4 Å². The molecule has 0 heterocycles. The quantitative estimate of drug-likeness (QED) is 0.386. The topological polar surface area (TPSA) is 74.8 Å². The SMILES string of the molecule is CCNC(=NCc1ccc(C)cc1OCC)NCCNC(C)=O. The van der Waals surface area contributed by atoms with E-state index in [1.54, 1.807) is 0 Å². The summed E-state index contributed by atoms with van der Waals surface area (Å²) in [5.74, 6) is 1.57. The van der Waals surface area contributed by atoms with Gasteiger partial charge >= 0.3 is 0 Å². The molecule has 0 aliphatic carbocycles. The number of nitrogens with zero attached hydrogens (tertiary/aromatic N) is 1. The third-order valence-electron chi connectivity index (χ3n) is 3.07. The highest BCUT2D eigenvalue weighted by Gasteiger charge is 2.04. The Morgan fingerprint density at radius 2 is 1.91 bits per heavy atom. The molecule has 1 aromatic carbocycles. The van der Waals surface area contributed by atoms with Crippen LogP contribution in [0.1, 0.15) is 31.9 Å². The smallest absolute Gasteiger partial charge is 0.216 e. The molecule has 3 N–H and O–H groups in total. The second-order valence-electron chi connectivity index (χ2n) is 5.15. The molecular weight excluding hydrogens is 292 g/mol. The van der Waals surface area contributed by atoms with Crippen molar-refractivity contribution >= 4 is 11.9 Å². The number of benzene rings is 1. The fourth-order valence-electron chi connectivity index (χ4n) is 2.01. The van der Waals surface area contributed by atoms with Crippen molar-refractivity contribution in [3.05, 3.63) is 29.3 Å². The number of hydrogen-bond donors (Lipinski definition) is 3. The van der Waals surface area contributed by atoms with Crippen LogP contribution in [0.2, 0.25) is 0 Å². The van der Waals surface area contributed by atoms with Crippen molar-refractivity contribution < 1.29 is 9.53 Å². The second kappa shape index (κ2) is 10.5. The fourth-order valence-corrected chi connectivity index (χ4v) is 2.01.